The van der Waals surface area contributed by atoms with E-state index >= 15 is 0 Å². The van der Waals surface area contributed by atoms with E-state index in [0.717, 1.165) is 51.7 Å². The van der Waals surface area contributed by atoms with Gasteiger partial charge in [0.1, 0.15) is 16.9 Å². The highest BCUT2D eigenvalue weighted by Gasteiger charge is 2.37. The maximum absolute atomic E-state index is 13.7. The minimum atomic E-state index is -0.292. The summed E-state index contributed by atoms with van der Waals surface area (Å²) in [4.78, 5) is 31.2. The van der Waals surface area contributed by atoms with Crippen molar-refractivity contribution >= 4 is 51.0 Å². The fraction of sp³-hybridized carbons (Fsp3) is 0.462. The molecule has 206 valence electrons. The van der Waals surface area contributed by atoms with E-state index in [0.29, 0.717) is 31.9 Å². The van der Waals surface area contributed by atoms with Crippen molar-refractivity contribution in [3.63, 3.8) is 0 Å². The zero-order valence-corrected chi connectivity index (χ0v) is 24.5. The third-order valence-corrected chi connectivity index (χ3v) is 8.95. The van der Waals surface area contributed by atoms with Crippen molar-refractivity contribution in [2.75, 3.05) is 58.5 Å². The van der Waals surface area contributed by atoms with Crippen LogP contribution in [0.3, 0.4) is 0 Å². The van der Waals surface area contributed by atoms with Crippen molar-refractivity contribution in [1.29, 1.82) is 0 Å². The Morgan fingerprint density at radius 1 is 1.23 bits per heavy atom. The number of morpholine rings is 1. The molecular weight excluding hydrogens is 558 g/mol. The van der Waals surface area contributed by atoms with Crippen LogP contribution in [0.25, 0.3) is 4.96 Å². The summed E-state index contributed by atoms with van der Waals surface area (Å²) < 4.78 is 13.3. The Kier molecular flexibility index (Phi) is 7.47. The van der Waals surface area contributed by atoms with Crippen molar-refractivity contribution in [1.82, 2.24) is 29.4 Å². The van der Waals surface area contributed by atoms with E-state index in [4.69, 9.17) is 31.2 Å². The van der Waals surface area contributed by atoms with E-state index in [9.17, 15) is 4.79 Å². The quantitative estimate of drug-likeness (QED) is 0.303. The van der Waals surface area contributed by atoms with Crippen LogP contribution in [0, 0.1) is 6.92 Å². The molecule has 2 aliphatic heterocycles. The predicted molar refractivity (Wildman–Crippen MR) is 152 cm³/mol. The zero-order valence-electron chi connectivity index (χ0n) is 22.1. The normalized spacial score (nSPS) is 17.7. The van der Waals surface area contributed by atoms with E-state index in [1.807, 2.05) is 22.4 Å². The standard InChI is InChI=1S/C26H30ClN7O3S2/c1-16-30-34-23-18(28-26(34)39-16)6-7-33(24(23)20-12-17(15-38-20)13-31(2)3)22(35)14-37-19-4-5-21(29-25(19)27)32-8-10-36-11-9-32/h4-5,12,15,24H,6-11,13-14H2,1-3H3. The summed E-state index contributed by atoms with van der Waals surface area (Å²) in [5.41, 5.74) is 3.17. The Morgan fingerprint density at radius 2 is 2.05 bits per heavy atom. The molecule has 1 fully saturated rings. The number of anilines is 1. The van der Waals surface area contributed by atoms with Crippen molar-refractivity contribution in [2.45, 2.75) is 25.9 Å². The summed E-state index contributed by atoms with van der Waals surface area (Å²) in [6.07, 6.45) is 0.666. The van der Waals surface area contributed by atoms with Gasteiger partial charge in [-0.1, -0.05) is 22.9 Å². The molecule has 0 aliphatic carbocycles. The lowest BCUT2D eigenvalue weighted by molar-refractivity contribution is -0.135. The fourth-order valence-electron chi connectivity index (χ4n) is 5.12. The van der Waals surface area contributed by atoms with Crippen LogP contribution in [0.4, 0.5) is 5.82 Å². The van der Waals surface area contributed by atoms with Crippen LogP contribution in [-0.4, -0.2) is 88.8 Å². The number of nitrogens with zero attached hydrogens (tertiary/aromatic N) is 7. The van der Waals surface area contributed by atoms with Gasteiger partial charge in [-0.2, -0.15) is 5.10 Å². The maximum atomic E-state index is 13.7. The van der Waals surface area contributed by atoms with Crippen LogP contribution in [0.1, 0.15) is 32.9 Å². The summed E-state index contributed by atoms with van der Waals surface area (Å²) in [5.74, 6) is 1.05. The van der Waals surface area contributed by atoms with E-state index < -0.39 is 0 Å². The third kappa shape index (κ3) is 5.36. The van der Waals surface area contributed by atoms with Crippen LogP contribution < -0.4 is 9.64 Å². The van der Waals surface area contributed by atoms with E-state index in [-0.39, 0.29) is 23.7 Å². The van der Waals surface area contributed by atoms with Gasteiger partial charge in [-0.05, 0) is 50.2 Å². The summed E-state index contributed by atoms with van der Waals surface area (Å²) in [5, 5.41) is 8.07. The molecule has 10 nitrogen and oxygen atoms in total. The third-order valence-electron chi connectivity index (χ3n) is 6.82. The summed E-state index contributed by atoms with van der Waals surface area (Å²) in [6.45, 7) is 6.06. The lowest BCUT2D eigenvalue weighted by Gasteiger charge is -2.34. The Balaban J connectivity index is 1.25. The average Bonchev–Trinajstić information content (AvgIpc) is 3.61. The molecule has 39 heavy (non-hydrogen) atoms. The first-order valence-electron chi connectivity index (χ1n) is 12.9. The number of ether oxygens (including phenoxy) is 2. The van der Waals surface area contributed by atoms with Crippen LogP contribution in [-0.2, 0) is 22.5 Å². The van der Waals surface area contributed by atoms with E-state index in [1.165, 1.54) is 5.56 Å². The number of thiophene rings is 1. The molecule has 1 atom stereocenters. The molecule has 6 heterocycles. The number of fused-ring (bicyclic) bond motifs is 3. The Labute approximate surface area is 239 Å². The number of hydrogen-bond donors (Lipinski definition) is 0. The van der Waals surface area contributed by atoms with Crippen LogP contribution in [0.2, 0.25) is 5.15 Å². The van der Waals surface area contributed by atoms with Gasteiger partial charge in [0.25, 0.3) is 5.91 Å². The van der Waals surface area contributed by atoms with Gasteiger partial charge in [0, 0.05) is 37.5 Å². The Hall–Kier alpha value is -2.77. The summed E-state index contributed by atoms with van der Waals surface area (Å²) >= 11 is 9.69. The smallest absolute Gasteiger partial charge is 0.261 e. The van der Waals surface area contributed by atoms with Crippen molar-refractivity contribution in [3.8, 4) is 5.75 Å². The highest BCUT2D eigenvalue weighted by molar-refractivity contribution is 7.16. The molecule has 4 aromatic rings. The number of rotatable bonds is 7. The first-order chi connectivity index (χ1) is 18.9. The highest BCUT2D eigenvalue weighted by atomic mass is 35.5. The molecule has 0 saturated carbocycles. The lowest BCUT2D eigenvalue weighted by Crippen LogP contribution is -2.43. The first kappa shape index (κ1) is 26.5. The van der Waals surface area contributed by atoms with Crippen molar-refractivity contribution in [2.24, 2.45) is 0 Å². The molecule has 0 aromatic carbocycles. The molecule has 1 saturated heterocycles. The minimum Gasteiger partial charge on any atom is -0.481 e. The van der Waals surface area contributed by atoms with E-state index in [1.54, 1.807) is 28.7 Å². The monoisotopic (exact) mass is 587 g/mol. The molecule has 0 spiro atoms. The number of aryl methyl sites for hydroxylation is 1. The second-order valence-electron chi connectivity index (χ2n) is 9.94. The van der Waals surface area contributed by atoms with Crippen LogP contribution in [0.15, 0.2) is 23.6 Å². The Bertz CT molecular complexity index is 1490. The number of carbonyl (C=O) groups is 1. The van der Waals surface area contributed by atoms with Gasteiger partial charge in [0.2, 0.25) is 4.96 Å². The van der Waals surface area contributed by atoms with Gasteiger partial charge < -0.3 is 24.2 Å². The molecule has 1 amide bonds. The minimum absolute atomic E-state index is 0.122. The topological polar surface area (TPSA) is 88.3 Å². The van der Waals surface area contributed by atoms with Gasteiger partial charge >= 0.3 is 0 Å². The van der Waals surface area contributed by atoms with Gasteiger partial charge in [0.15, 0.2) is 17.5 Å². The average molecular weight is 588 g/mol. The molecular formula is C26H30ClN7O3S2. The molecule has 0 N–H and O–H groups in total. The number of hydrogen-bond acceptors (Lipinski definition) is 10. The molecule has 0 bridgehead atoms. The SMILES string of the molecule is Cc1nn2c3c(nc2s1)CCN(C(=O)COc1ccc(N2CCOCC2)nc1Cl)C3c1cc(CN(C)C)cs1. The molecule has 2 aliphatic rings. The summed E-state index contributed by atoms with van der Waals surface area (Å²) in [7, 11) is 4.10. The van der Waals surface area contributed by atoms with Crippen LogP contribution >= 0.6 is 34.3 Å². The number of amides is 1. The molecule has 0 radical (unpaired) electrons. The first-order valence-corrected chi connectivity index (χ1v) is 14.9. The number of halogens is 1. The number of pyridine rings is 1. The number of imidazole rings is 1. The van der Waals surface area contributed by atoms with Crippen molar-refractivity contribution in [3.05, 3.63) is 55.6 Å². The number of carbonyl (C=O) groups excluding carboxylic acids is 1. The van der Waals surface area contributed by atoms with Crippen LogP contribution in [0.5, 0.6) is 5.75 Å². The second kappa shape index (κ2) is 11.0. The molecule has 4 aromatic heterocycles. The van der Waals surface area contributed by atoms with Crippen molar-refractivity contribution < 1.29 is 14.3 Å². The van der Waals surface area contributed by atoms with Gasteiger partial charge in [-0.15, -0.1) is 11.3 Å². The maximum Gasteiger partial charge on any atom is 0.261 e. The molecule has 1 unspecified atom stereocenters. The molecule has 6 rings (SSSR count). The van der Waals surface area contributed by atoms with Gasteiger partial charge in [-0.25, -0.2) is 14.5 Å². The Morgan fingerprint density at radius 3 is 2.82 bits per heavy atom. The zero-order chi connectivity index (χ0) is 27.1. The summed E-state index contributed by atoms with van der Waals surface area (Å²) in [6, 6.07) is 5.55. The molecule has 13 heteroatoms. The number of aromatic nitrogens is 4. The van der Waals surface area contributed by atoms with Gasteiger partial charge in [0.05, 0.1) is 24.6 Å². The highest BCUT2D eigenvalue weighted by Crippen LogP contribution is 2.39. The lowest BCUT2D eigenvalue weighted by atomic mass is 10.0. The predicted octanol–water partition coefficient (Wildman–Crippen LogP) is 3.66. The van der Waals surface area contributed by atoms with E-state index in [2.05, 4.69) is 40.3 Å². The fourth-order valence-corrected chi connectivity index (χ4v) is 7.11. The second-order valence-corrected chi connectivity index (χ2v) is 12.4. The van der Waals surface area contributed by atoms with Gasteiger partial charge in [-0.3, -0.25) is 4.79 Å². The largest absolute Gasteiger partial charge is 0.481 e.